The molecule has 0 spiro atoms. The Morgan fingerprint density at radius 2 is 2.38 bits per heavy atom. The molecule has 1 heterocycles. The minimum Gasteiger partial charge on any atom is -0.301 e. The molecule has 0 radical (unpaired) electrons. The van der Waals surface area contributed by atoms with Crippen molar-refractivity contribution in [3.05, 3.63) is 12.2 Å². The highest BCUT2D eigenvalue weighted by Crippen LogP contribution is 1.92. The van der Waals surface area contributed by atoms with Gasteiger partial charge in [0, 0.05) is 6.54 Å². The van der Waals surface area contributed by atoms with E-state index in [1.165, 1.54) is 0 Å². The van der Waals surface area contributed by atoms with Crippen molar-refractivity contribution in [3.63, 3.8) is 0 Å². The third-order valence-corrected chi connectivity index (χ3v) is 1.09. The third kappa shape index (κ3) is 2.09. The Labute approximate surface area is 49.5 Å². The van der Waals surface area contributed by atoms with E-state index in [4.69, 9.17) is 4.84 Å². The van der Waals surface area contributed by atoms with Gasteiger partial charge in [0.1, 0.15) is 0 Å². The van der Waals surface area contributed by atoms with E-state index in [0.29, 0.717) is 0 Å². The van der Waals surface area contributed by atoms with E-state index in [1.54, 1.807) is 0 Å². The van der Waals surface area contributed by atoms with Crippen molar-refractivity contribution in [1.29, 1.82) is 0 Å². The summed E-state index contributed by atoms with van der Waals surface area (Å²) in [5.74, 6) is 0. The average Bonchev–Trinajstić information content (AvgIpc) is 1.62. The summed E-state index contributed by atoms with van der Waals surface area (Å²) >= 11 is 0. The second-order valence-electron chi connectivity index (χ2n) is 1.81. The van der Waals surface area contributed by atoms with Gasteiger partial charge in [-0.2, -0.15) is 5.48 Å². The van der Waals surface area contributed by atoms with Crippen LogP contribution >= 0.6 is 0 Å². The highest BCUT2D eigenvalue weighted by molar-refractivity contribution is 4.83. The van der Waals surface area contributed by atoms with Crippen LogP contribution in [0.25, 0.3) is 0 Å². The predicted molar refractivity (Wildman–Crippen MR) is 32.3 cm³/mol. The van der Waals surface area contributed by atoms with Crippen molar-refractivity contribution >= 4 is 0 Å². The van der Waals surface area contributed by atoms with Gasteiger partial charge in [0.25, 0.3) is 0 Å². The number of hydroxylamine groups is 1. The Morgan fingerprint density at radius 1 is 1.38 bits per heavy atom. The zero-order valence-corrected chi connectivity index (χ0v) is 4.89. The Bertz CT molecular complexity index is 70.6. The molecule has 46 valence electrons. The van der Waals surface area contributed by atoms with Crippen molar-refractivity contribution in [1.82, 2.24) is 5.48 Å². The molecule has 0 aliphatic carbocycles. The topological polar surface area (TPSA) is 21.3 Å². The second-order valence-corrected chi connectivity index (χ2v) is 1.81. The van der Waals surface area contributed by atoms with Crippen LogP contribution in [0.2, 0.25) is 0 Å². The lowest BCUT2D eigenvalue weighted by Gasteiger charge is -2.04. The monoisotopic (exact) mass is 113 g/mol. The fourth-order valence-corrected chi connectivity index (χ4v) is 0.654. The number of allylic oxidation sites excluding steroid dienone is 1. The van der Waals surface area contributed by atoms with Crippen LogP contribution in [0, 0.1) is 0 Å². The number of nitrogens with one attached hydrogen (secondary N) is 1. The zero-order valence-electron chi connectivity index (χ0n) is 4.89. The first kappa shape index (κ1) is 5.79. The molecule has 0 amide bonds. The summed E-state index contributed by atoms with van der Waals surface area (Å²) in [6.07, 6.45) is 6.54. The largest absolute Gasteiger partial charge is 0.301 e. The molecule has 0 saturated heterocycles. The molecule has 0 aromatic carbocycles. The molecular weight excluding hydrogens is 102 g/mol. The molecule has 1 rings (SSSR count). The first-order valence-electron chi connectivity index (χ1n) is 3.00. The summed E-state index contributed by atoms with van der Waals surface area (Å²) in [6, 6.07) is 0. The predicted octanol–water partition coefficient (Wildman–Crippen LogP) is 0.858. The van der Waals surface area contributed by atoms with Crippen molar-refractivity contribution in [3.8, 4) is 0 Å². The van der Waals surface area contributed by atoms with Gasteiger partial charge in [-0.1, -0.05) is 12.2 Å². The minimum atomic E-state index is 0.838. The molecule has 1 aliphatic rings. The van der Waals surface area contributed by atoms with Crippen molar-refractivity contribution in [2.75, 3.05) is 13.2 Å². The normalized spacial score (nSPS) is 26.0. The molecule has 1 N–H and O–H groups in total. The van der Waals surface area contributed by atoms with Crippen LogP contribution in [0.3, 0.4) is 0 Å². The van der Waals surface area contributed by atoms with Gasteiger partial charge in [-0.15, -0.1) is 0 Å². The van der Waals surface area contributed by atoms with Crippen LogP contribution in [-0.4, -0.2) is 13.2 Å². The van der Waals surface area contributed by atoms with Crippen LogP contribution in [0.1, 0.15) is 12.8 Å². The van der Waals surface area contributed by atoms with Gasteiger partial charge in [0.15, 0.2) is 0 Å². The van der Waals surface area contributed by atoms with Crippen molar-refractivity contribution < 1.29 is 4.84 Å². The van der Waals surface area contributed by atoms with E-state index in [0.717, 1.165) is 26.0 Å². The average molecular weight is 113 g/mol. The van der Waals surface area contributed by atoms with E-state index in [1.807, 2.05) is 0 Å². The van der Waals surface area contributed by atoms with E-state index in [9.17, 15) is 0 Å². The molecule has 0 saturated carbocycles. The summed E-state index contributed by atoms with van der Waals surface area (Å²) in [5.41, 5.74) is 2.80. The lowest BCUT2D eigenvalue weighted by molar-refractivity contribution is 0.0454. The second kappa shape index (κ2) is 3.64. The fraction of sp³-hybridized carbons (Fsp3) is 0.667. The number of rotatable bonds is 0. The SMILES string of the molecule is C1=C\CNOCCC/1. The quantitative estimate of drug-likeness (QED) is 0.470. The van der Waals surface area contributed by atoms with E-state index in [-0.39, 0.29) is 0 Å². The smallest absolute Gasteiger partial charge is 0.0685 e. The van der Waals surface area contributed by atoms with Crippen molar-refractivity contribution in [2.24, 2.45) is 0 Å². The fourth-order valence-electron chi connectivity index (χ4n) is 0.654. The summed E-state index contributed by atoms with van der Waals surface area (Å²) in [7, 11) is 0. The molecule has 2 nitrogen and oxygen atoms in total. The lowest BCUT2D eigenvalue weighted by Crippen LogP contribution is -2.16. The van der Waals surface area contributed by atoms with Crippen LogP contribution in [0.5, 0.6) is 0 Å². The maximum Gasteiger partial charge on any atom is 0.0685 e. The summed E-state index contributed by atoms with van der Waals surface area (Å²) < 4.78 is 0. The lowest BCUT2D eigenvalue weighted by atomic mass is 10.3. The van der Waals surface area contributed by atoms with Gasteiger partial charge in [0.05, 0.1) is 6.61 Å². The molecule has 0 aromatic heterocycles. The van der Waals surface area contributed by atoms with E-state index in [2.05, 4.69) is 17.6 Å². The molecule has 8 heavy (non-hydrogen) atoms. The molecule has 0 bridgehead atoms. The first-order valence-corrected chi connectivity index (χ1v) is 3.00. The molecule has 1 aliphatic heterocycles. The van der Waals surface area contributed by atoms with Gasteiger partial charge < -0.3 is 4.84 Å². The highest BCUT2D eigenvalue weighted by atomic mass is 16.6. The number of hydrogen-bond donors (Lipinski definition) is 1. The zero-order chi connectivity index (χ0) is 5.66. The van der Waals surface area contributed by atoms with Crippen LogP contribution < -0.4 is 5.48 Å². The van der Waals surface area contributed by atoms with Gasteiger partial charge in [-0.25, -0.2) is 0 Å². The first-order chi connectivity index (χ1) is 4.00. The van der Waals surface area contributed by atoms with Gasteiger partial charge >= 0.3 is 0 Å². The standard InChI is InChI=1S/C6H11NO/c1-2-4-6-8-7-5-3-1/h1,3,7H,2,4-6H2/b3-1-. The van der Waals surface area contributed by atoms with Gasteiger partial charge in [-0.3, -0.25) is 0 Å². The Kier molecular flexibility index (Phi) is 2.63. The summed E-state index contributed by atoms with van der Waals surface area (Å²) in [6.45, 7) is 1.68. The van der Waals surface area contributed by atoms with E-state index < -0.39 is 0 Å². The van der Waals surface area contributed by atoms with Crippen LogP contribution in [-0.2, 0) is 4.84 Å². The molecule has 0 fully saturated rings. The van der Waals surface area contributed by atoms with Crippen LogP contribution in [0.4, 0.5) is 0 Å². The number of hydrogen-bond acceptors (Lipinski definition) is 2. The molecular formula is C6H11NO. The van der Waals surface area contributed by atoms with Crippen LogP contribution in [0.15, 0.2) is 12.2 Å². The molecule has 0 atom stereocenters. The molecule has 2 heteroatoms. The van der Waals surface area contributed by atoms with Gasteiger partial charge in [0.2, 0.25) is 0 Å². The van der Waals surface area contributed by atoms with Crippen molar-refractivity contribution in [2.45, 2.75) is 12.8 Å². The maximum atomic E-state index is 4.97. The third-order valence-electron chi connectivity index (χ3n) is 1.09. The minimum absolute atomic E-state index is 0.838. The van der Waals surface area contributed by atoms with Gasteiger partial charge in [-0.05, 0) is 12.8 Å². The Hall–Kier alpha value is -0.340. The molecule has 0 unspecified atom stereocenters. The summed E-state index contributed by atoms with van der Waals surface area (Å²) in [5, 5.41) is 0. The summed E-state index contributed by atoms with van der Waals surface area (Å²) in [4.78, 5) is 4.97. The maximum absolute atomic E-state index is 4.97. The Morgan fingerprint density at radius 3 is 3.38 bits per heavy atom. The Balaban J connectivity index is 2.17. The highest BCUT2D eigenvalue weighted by Gasteiger charge is 1.88. The molecule has 0 aromatic rings. The van der Waals surface area contributed by atoms with E-state index >= 15 is 0 Å².